The standard InChI is InChI=1S/C15H12BrNO2/c1-15(10-5-4-6-11(16)9-10)17-14(18)12-7-2-3-8-13(12)19-15/h2-9H,1H3,(H,17,18). The lowest BCUT2D eigenvalue weighted by atomic mass is 10.0. The van der Waals surface area contributed by atoms with Crippen LogP contribution < -0.4 is 10.1 Å². The van der Waals surface area contributed by atoms with E-state index in [0.29, 0.717) is 11.3 Å². The molecule has 3 rings (SSSR count). The Morgan fingerprint density at radius 3 is 2.74 bits per heavy atom. The fourth-order valence-corrected chi connectivity index (χ4v) is 2.59. The zero-order valence-electron chi connectivity index (χ0n) is 10.3. The molecule has 3 nitrogen and oxygen atoms in total. The largest absolute Gasteiger partial charge is 0.463 e. The molecule has 0 bridgehead atoms. The SMILES string of the molecule is CC1(c2cccc(Br)c2)NC(=O)c2ccccc2O1. The van der Waals surface area contributed by atoms with E-state index in [1.807, 2.05) is 49.4 Å². The molecule has 1 aliphatic rings. The van der Waals surface area contributed by atoms with E-state index in [2.05, 4.69) is 21.2 Å². The van der Waals surface area contributed by atoms with E-state index in [0.717, 1.165) is 10.0 Å². The molecule has 2 aromatic carbocycles. The Balaban J connectivity index is 2.06. The summed E-state index contributed by atoms with van der Waals surface area (Å²) < 4.78 is 6.93. The number of benzene rings is 2. The molecule has 4 heteroatoms. The number of nitrogens with one attached hydrogen (secondary N) is 1. The summed E-state index contributed by atoms with van der Waals surface area (Å²) in [6.45, 7) is 1.85. The fraction of sp³-hybridized carbons (Fsp3) is 0.133. The number of hydrogen-bond donors (Lipinski definition) is 1. The Kier molecular flexibility index (Phi) is 2.82. The van der Waals surface area contributed by atoms with Crippen molar-refractivity contribution < 1.29 is 9.53 Å². The molecule has 19 heavy (non-hydrogen) atoms. The van der Waals surface area contributed by atoms with E-state index in [1.54, 1.807) is 6.07 Å². The number of rotatable bonds is 1. The third kappa shape index (κ3) is 2.12. The maximum atomic E-state index is 12.2. The lowest BCUT2D eigenvalue weighted by molar-refractivity contribution is 0.0288. The van der Waals surface area contributed by atoms with Gasteiger partial charge in [0, 0.05) is 10.0 Å². The third-order valence-electron chi connectivity index (χ3n) is 3.17. The van der Waals surface area contributed by atoms with E-state index in [4.69, 9.17) is 4.74 Å². The highest BCUT2D eigenvalue weighted by molar-refractivity contribution is 9.10. The van der Waals surface area contributed by atoms with Crippen molar-refractivity contribution in [3.05, 3.63) is 64.1 Å². The number of hydrogen-bond acceptors (Lipinski definition) is 2. The van der Waals surface area contributed by atoms with Gasteiger partial charge in [0.1, 0.15) is 5.75 Å². The van der Waals surface area contributed by atoms with Crippen molar-refractivity contribution in [3.8, 4) is 5.75 Å². The van der Waals surface area contributed by atoms with Crippen molar-refractivity contribution in [2.45, 2.75) is 12.6 Å². The molecule has 2 aromatic rings. The minimum absolute atomic E-state index is 0.121. The lowest BCUT2D eigenvalue weighted by Gasteiger charge is -2.36. The van der Waals surface area contributed by atoms with Gasteiger partial charge in [-0.2, -0.15) is 0 Å². The van der Waals surface area contributed by atoms with Gasteiger partial charge in [-0.15, -0.1) is 0 Å². The molecule has 0 saturated carbocycles. The summed E-state index contributed by atoms with van der Waals surface area (Å²) in [6.07, 6.45) is 0. The van der Waals surface area contributed by atoms with Gasteiger partial charge in [0.15, 0.2) is 0 Å². The maximum absolute atomic E-state index is 12.2. The van der Waals surface area contributed by atoms with Crippen LogP contribution in [0.3, 0.4) is 0 Å². The topological polar surface area (TPSA) is 38.3 Å². The van der Waals surface area contributed by atoms with Gasteiger partial charge in [-0.1, -0.05) is 40.2 Å². The van der Waals surface area contributed by atoms with E-state index < -0.39 is 5.72 Å². The van der Waals surface area contributed by atoms with Crippen molar-refractivity contribution in [2.24, 2.45) is 0 Å². The molecule has 0 radical (unpaired) electrons. The molecule has 0 saturated heterocycles. The highest BCUT2D eigenvalue weighted by Gasteiger charge is 2.37. The quantitative estimate of drug-likeness (QED) is 0.875. The maximum Gasteiger partial charge on any atom is 0.258 e. The van der Waals surface area contributed by atoms with Crippen molar-refractivity contribution in [1.82, 2.24) is 5.32 Å². The van der Waals surface area contributed by atoms with Crippen LogP contribution in [-0.2, 0) is 5.72 Å². The number of fused-ring (bicyclic) bond motifs is 1. The Hall–Kier alpha value is -1.81. The zero-order chi connectivity index (χ0) is 13.5. The van der Waals surface area contributed by atoms with Crippen LogP contribution in [0.2, 0.25) is 0 Å². The minimum Gasteiger partial charge on any atom is -0.463 e. The van der Waals surface area contributed by atoms with Gasteiger partial charge in [0.2, 0.25) is 5.72 Å². The van der Waals surface area contributed by atoms with Crippen molar-refractivity contribution in [3.63, 3.8) is 0 Å². The third-order valence-corrected chi connectivity index (χ3v) is 3.67. The Morgan fingerprint density at radius 1 is 1.16 bits per heavy atom. The van der Waals surface area contributed by atoms with E-state index in [1.165, 1.54) is 0 Å². The Morgan fingerprint density at radius 2 is 1.95 bits per heavy atom. The van der Waals surface area contributed by atoms with Gasteiger partial charge in [0.25, 0.3) is 5.91 Å². The summed E-state index contributed by atoms with van der Waals surface area (Å²) in [7, 11) is 0. The first-order chi connectivity index (χ1) is 9.08. The fourth-order valence-electron chi connectivity index (χ4n) is 2.19. The molecule has 96 valence electrons. The Bertz CT molecular complexity index is 656. The second-order valence-electron chi connectivity index (χ2n) is 4.60. The normalized spacial score (nSPS) is 21.3. The first-order valence-electron chi connectivity index (χ1n) is 5.95. The number of halogens is 1. The van der Waals surface area contributed by atoms with Gasteiger partial charge in [0.05, 0.1) is 5.56 Å². The summed E-state index contributed by atoms with van der Waals surface area (Å²) in [6, 6.07) is 15.0. The summed E-state index contributed by atoms with van der Waals surface area (Å²) in [5.74, 6) is 0.484. The zero-order valence-corrected chi connectivity index (χ0v) is 11.9. The van der Waals surface area contributed by atoms with Crippen LogP contribution in [-0.4, -0.2) is 5.91 Å². The molecule has 1 heterocycles. The van der Waals surface area contributed by atoms with Crippen LogP contribution >= 0.6 is 15.9 Å². The second-order valence-corrected chi connectivity index (χ2v) is 5.51. The second kappa shape index (κ2) is 4.38. The Labute approximate surface area is 119 Å². The van der Waals surface area contributed by atoms with Crippen molar-refractivity contribution >= 4 is 21.8 Å². The summed E-state index contributed by atoms with van der Waals surface area (Å²) in [4.78, 5) is 12.2. The molecular weight excluding hydrogens is 306 g/mol. The molecule has 0 aromatic heterocycles. The molecule has 0 aliphatic carbocycles. The molecule has 0 fully saturated rings. The van der Waals surface area contributed by atoms with Crippen molar-refractivity contribution in [1.29, 1.82) is 0 Å². The van der Waals surface area contributed by atoms with Crippen molar-refractivity contribution in [2.75, 3.05) is 0 Å². The van der Waals surface area contributed by atoms with Gasteiger partial charge >= 0.3 is 0 Å². The van der Waals surface area contributed by atoms with Gasteiger partial charge < -0.3 is 10.1 Å². The molecule has 1 amide bonds. The minimum atomic E-state index is -0.852. The monoisotopic (exact) mass is 317 g/mol. The van der Waals surface area contributed by atoms with E-state index in [9.17, 15) is 4.79 Å². The average molecular weight is 318 g/mol. The van der Waals surface area contributed by atoms with E-state index in [-0.39, 0.29) is 5.91 Å². The van der Waals surface area contributed by atoms with Crippen LogP contribution in [0.1, 0.15) is 22.8 Å². The molecule has 0 spiro atoms. The smallest absolute Gasteiger partial charge is 0.258 e. The average Bonchev–Trinajstić information content (AvgIpc) is 2.38. The number of carbonyl (C=O) groups is 1. The molecule has 1 aliphatic heterocycles. The molecular formula is C15H12BrNO2. The summed E-state index contributed by atoms with van der Waals surface area (Å²) in [5, 5.41) is 2.91. The molecule has 1 unspecified atom stereocenters. The van der Waals surface area contributed by atoms with Crippen LogP contribution in [0.25, 0.3) is 0 Å². The van der Waals surface area contributed by atoms with Crippen LogP contribution in [0, 0.1) is 0 Å². The summed E-state index contributed by atoms with van der Waals surface area (Å²) in [5.41, 5.74) is 0.606. The highest BCUT2D eigenvalue weighted by Crippen LogP contribution is 2.33. The number of amides is 1. The predicted molar refractivity (Wildman–Crippen MR) is 76.0 cm³/mol. The first-order valence-corrected chi connectivity index (χ1v) is 6.74. The lowest BCUT2D eigenvalue weighted by Crippen LogP contribution is -2.51. The molecule has 1 N–H and O–H groups in total. The highest BCUT2D eigenvalue weighted by atomic mass is 79.9. The van der Waals surface area contributed by atoms with E-state index >= 15 is 0 Å². The molecule has 1 atom stereocenters. The first kappa shape index (κ1) is 12.2. The van der Waals surface area contributed by atoms with Gasteiger partial charge in [-0.3, -0.25) is 4.79 Å². The predicted octanol–water partition coefficient (Wildman–Crippen LogP) is 3.44. The van der Waals surface area contributed by atoms with Gasteiger partial charge in [-0.25, -0.2) is 0 Å². The van der Waals surface area contributed by atoms with Crippen LogP contribution in [0.5, 0.6) is 5.75 Å². The number of carbonyl (C=O) groups excluding carboxylic acids is 1. The number of para-hydroxylation sites is 1. The van der Waals surface area contributed by atoms with Crippen LogP contribution in [0.4, 0.5) is 0 Å². The van der Waals surface area contributed by atoms with Crippen LogP contribution in [0.15, 0.2) is 53.0 Å². The van der Waals surface area contributed by atoms with Gasteiger partial charge in [-0.05, 0) is 31.2 Å². The summed E-state index contributed by atoms with van der Waals surface area (Å²) >= 11 is 3.43. The number of ether oxygens (including phenoxy) is 1.